The van der Waals surface area contributed by atoms with E-state index in [0.29, 0.717) is 19.4 Å². The Bertz CT molecular complexity index is 363. The van der Waals surface area contributed by atoms with Crippen molar-refractivity contribution in [1.29, 1.82) is 0 Å². The molecule has 0 aromatic carbocycles. The summed E-state index contributed by atoms with van der Waals surface area (Å²) >= 11 is 0. The number of nitrogens with zero attached hydrogens (tertiary/aromatic N) is 1. The van der Waals surface area contributed by atoms with Crippen LogP contribution in [0.1, 0.15) is 19.8 Å². The van der Waals surface area contributed by atoms with Crippen LogP contribution >= 0.6 is 0 Å². The van der Waals surface area contributed by atoms with Gasteiger partial charge in [0.1, 0.15) is 0 Å². The van der Waals surface area contributed by atoms with Gasteiger partial charge in [-0.2, -0.15) is 0 Å². The van der Waals surface area contributed by atoms with Crippen LogP contribution in [0.4, 0.5) is 0 Å². The lowest BCUT2D eigenvalue weighted by atomic mass is 10.1. The zero-order valence-electron chi connectivity index (χ0n) is 9.06. The first-order chi connectivity index (χ1) is 7.59. The summed E-state index contributed by atoms with van der Waals surface area (Å²) in [5.74, 6) is -0.997. The van der Waals surface area contributed by atoms with E-state index in [1.807, 2.05) is 0 Å². The van der Waals surface area contributed by atoms with E-state index in [4.69, 9.17) is 4.74 Å². The van der Waals surface area contributed by atoms with Gasteiger partial charge in [-0.05, 0) is 19.8 Å². The Labute approximate surface area is 93.0 Å². The number of carbonyl (C=O) groups is 3. The number of esters is 1. The molecule has 0 unspecified atom stereocenters. The highest BCUT2D eigenvalue weighted by Gasteiger charge is 2.53. The average Bonchev–Trinajstić information content (AvgIpc) is 2.97. The second kappa shape index (κ2) is 3.73. The van der Waals surface area contributed by atoms with E-state index in [-0.39, 0.29) is 24.3 Å². The Morgan fingerprint density at radius 3 is 2.38 bits per heavy atom. The Morgan fingerprint density at radius 2 is 1.94 bits per heavy atom. The van der Waals surface area contributed by atoms with Crippen LogP contribution in [-0.4, -0.2) is 35.8 Å². The highest BCUT2D eigenvalue weighted by molar-refractivity contribution is 6.13. The third kappa shape index (κ3) is 1.73. The summed E-state index contributed by atoms with van der Waals surface area (Å²) in [6.07, 6.45) is 3.82. The molecular weight excluding hydrogens is 210 g/mol. The van der Waals surface area contributed by atoms with E-state index in [0.717, 1.165) is 4.90 Å². The SMILES string of the molecule is CCOC(=O)C1(CN2C(=O)C=CC2=O)CC1. The van der Waals surface area contributed by atoms with Crippen molar-refractivity contribution in [3.8, 4) is 0 Å². The minimum absolute atomic E-state index is 0.149. The molecule has 2 aliphatic rings. The highest BCUT2D eigenvalue weighted by atomic mass is 16.5. The maximum Gasteiger partial charge on any atom is 0.313 e. The van der Waals surface area contributed by atoms with Crippen LogP contribution in [0.5, 0.6) is 0 Å². The minimum Gasteiger partial charge on any atom is -0.466 e. The number of amides is 2. The van der Waals surface area contributed by atoms with Gasteiger partial charge >= 0.3 is 5.97 Å². The maximum absolute atomic E-state index is 11.6. The van der Waals surface area contributed by atoms with Crippen molar-refractivity contribution in [3.63, 3.8) is 0 Å². The van der Waals surface area contributed by atoms with E-state index in [1.54, 1.807) is 6.92 Å². The molecule has 1 aliphatic carbocycles. The molecular formula is C11H13NO4. The number of hydrogen-bond donors (Lipinski definition) is 0. The second-order valence-corrected chi connectivity index (χ2v) is 4.10. The first-order valence-electron chi connectivity index (χ1n) is 5.30. The second-order valence-electron chi connectivity index (χ2n) is 4.10. The zero-order chi connectivity index (χ0) is 11.8. The van der Waals surface area contributed by atoms with Gasteiger partial charge in [0, 0.05) is 18.7 Å². The van der Waals surface area contributed by atoms with Gasteiger partial charge in [-0.1, -0.05) is 0 Å². The molecule has 86 valence electrons. The van der Waals surface area contributed by atoms with Crippen LogP contribution in [0.2, 0.25) is 0 Å². The molecule has 0 aromatic rings. The summed E-state index contributed by atoms with van der Waals surface area (Å²) in [5.41, 5.74) is -0.632. The average molecular weight is 223 g/mol. The predicted octanol–water partition coefficient (Wildman–Crippen LogP) is 0.255. The first kappa shape index (κ1) is 10.9. The van der Waals surface area contributed by atoms with E-state index in [2.05, 4.69) is 0 Å². The fourth-order valence-electron chi connectivity index (χ4n) is 1.75. The summed E-state index contributed by atoms with van der Waals surface area (Å²) in [6.45, 7) is 2.21. The fraction of sp³-hybridized carbons (Fsp3) is 0.545. The van der Waals surface area contributed by atoms with Crippen molar-refractivity contribution in [2.75, 3.05) is 13.2 Å². The highest BCUT2D eigenvalue weighted by Crippen LogP contribution is 2.47. The van der Waals surface area contributed by atoms with Crippen LogP contribution in [0.3, 0.4) is 0 Å². The Hall–Kier alpha value is -1.65. The van der Waals surface area contributed by atoms with Crippen molar-refractivity contribution < 1.29 is 19.1 Å². The summed E-state index contributed by atoms with van der Waals surface area (Å²) < 4.78 is 4.94. The third-order valence-electron chi connectivity index (χ3n) is 2.92. The number of ether oxygens (including phenoxy) is 1. The van der Waals surface area contributed by atoms with Gasteiger partial charge in [0.15, 0.2) is 0 Å². The molecule has 2 rings (SSSR count). The molecule has 1 fully saturated rings. The van der Waals surface area contributed by atoms with Crippen LogP contribution in [0.25, 0.3) is 0 Å². The number of imide groups is 1. The molecule has 5 heteroatoms. The predicted molar refractivity (Wildman–Crippen MR) is 54.2 cm³/mol. The topological polar surface area (TPSA) is 63.7 Å². The molecule has 5 nitrogen and oxygen atoms in total. The molecule has 2 amide bonds. The molecule has 0 aromatic heterocycles. The molecule has 1 heterocycles. The van der Waals surface area contributed by atoms with Gasteiger partial charge < -0.3 is 4.74 Å². The van der Waals surface area contributed by atoms with Crippen LogP contribution in [-0.2, 0) is 19.1 Å². The molecule has 0 radical (unpaired) electrons. The molecule has 0 N–H and O–H groups in total. The van der Waals surface area contributed by atoms with E-state index in [1.165, 1.54) is 12.2 Å². The smallest absolute Gasteiger partial charge is 0.313 e. The summed E-state index contributed by atoms with van der Waals surface area (Å²) in [7, 11) is 0. The number of carbonyl (C=O) groups excluding carboxylic acids is 3. The molecule has 0 spiro atoms. The first-order valence-corrected chi connectivity index (χ1v) is 5.30. The third-order valence-corrected chi connectivity index (χ3v) is 2.92. The Kier molecular flexibility index (Phi) is 2.53. The van der Waals surface area contributed by atoms with Crippen LogP contribution < -0.4 is 0 Å². The van der Waals surface area contributed by atoms with Crippen molar-refractivity contribution >= 4 is 17.8 Å². The number of rotatable bonds is 4. The van der Waals surface area contributed by atoms with Crippen molar-refractivity contribution in [1.82, 2.24) is 4.90 Å². The van der Waals surface area contributed by atoms with Crippen molar-refractivity contribution in [2.24, 2.45) is 5.41 Å². The van der Waals surface area contributed by atoms with E-state index >= 15 is 0 Å². The summed E-state index contributed by atoms with van der Waals surface area (Å²) in [5, 5.41) is 0. The monoisotopic (exact) mass is 223 g/mol. The van der Waals surface area contributed by atoms with Gasteiger partial charge in [-0.15, -0.1) is 0 Å². The molecule has 1 aliphatic heterocycles. The normalized spacial score (nSPS) is 21.4. The summed E-state index contributed by atoms with van der Waals surface area (Å²) in [6, 6.07) is 0. The largest absolute Gasteiger partial charge is 0.466 e. The van der Waals surface area contributed by atoms with Crippen molar-refractivity contribution in [3.05, 3.63) is 12.2 Å². The maximum atomic E-state index is 11.6. The fourth-order valence-corrected chi connectivity index (χ4v) is 1.75. The molecule has 0 atom stereocenters. The van der Waals surface area contributed by atoms with Crippen LogP contribution in [0.15, 0.2) is 12.2 Å². The van der Waals surface area contributed by atoms with Gasteiger partial charge in [-0.25, -0.2) is 0 Å². The molecule has 1 saturated carbocycles. The quantitative estimate of drug-likeness (QED) is 0.506. The van der Waals surface area contributed by atoms with Gasteiger partial charge in [0.2, 0.25) is 0 Å². The van der Waals surface area contributed by atoms with Gasteiger partial charge in [0.05, 0.1) is 12.0 Å². The lowest BCUT2D eigenvalue weighted by Crippen LogP contribution is -2.39. The van der Waals surface area contributed by atoms with Crippen LogP contribution in [0, 0.1) is 5.41 Å². The lowest BCUT2D eigenvalue weighted by Gasteiger charge is -2.20. The molecule has 0 bridgehead atoms. The van der Waals surface area contributed by atoms with Crippen molar-refractivity contribution in [2.45, 2.75) is 19.8 Å². The Balaban J connectivity index is 2.02. The Morgan fingerprint density at radius 1 is 1.38 bits per heavy atom. The lowest BCUT2D eigenvalue weighted by molar-refractivity contribution is -0.151. The molecule has 16 heavy (non-hydrogen) atoms. The zero-order valence-corrected chi connectivity index (χ0v) is 9.06. The van der Waals surface area contributed by atoms with Gasteiger partial charge in [0.25, 0.3) is 11.8 Å². The standard InChI is InChI=1S/C11H13NO4/c1-2-16-10(15)11(5-6-11)7-12-8(13)3-4-9(12)14/h3-4H,2,5-7H2,1H3. The van der Waals surface area contributed by atoms with E-state index in [9.17, 15) is 14.4 Å². The van der Waals surface area contributed by atoms with E-state index < -0.39 is 5.41 Å². The summed E-state index contributed by atoms with van der Waals surface area (Å²) in [4.78, 5) is 35.4. The number of hydrogen-bond acceptors (Lipinski definition) is 4. The minimum atomic E-state index is -0.632. The van der Waals surface area contributed by atoms with Gasteiger partial charge in [-0.3, -0.25) is 19.3 Å². The molecule has 0 saturated heterocycles.